The summed E-state index contributed by atoms with van der Waals surface area (Å²) in [6.07, 6.45) is 10.4. The molecule has 18 heavy (non-hydrogen) atoms. The van der Waals surface area contributed by atoms with Crippen LogP contribution in [0.15, 0.2) is 24.0 Å². The highest BCUT2D eigenvalue weighted by atomic mass is 17.2. The Morgan fingerprint density at radius 2 is 2.00 bits per heavy atom. The van der Waals surface area contributed by atoms with Gasteiger partial charge in [-0.05, 0) is 37.8 Å². The first-order chi connectivity index (χ1) is 8.76. The fraction of sp³-hybridized carbons (Fsp3) is 0.643. The lowest BCUT2D eigenvalue weighted by Crippen LogP contribution is -2.17. The van der Waals surface area contributed by atoms with E-state index in [0.29, 0.717) is 5.76 Å². The maximum absolute atomic E-state index is 11.4. The zero-order valence-electron chi connectivity index (χ0n) is 11.2. The molecule has 0 N–H and O–H groups in total. The average Bonchev–Trinajstić information content (AvgIpc) is 2.38. The summed E-state index contributed by atoms with van der Waals surface area (Å²) >= 11 is 0. The van der Waals surface area contributed by atoms with Crippen molar-refractivity contribution in [3.05, 3.63) is 24.0 Å². The van der Waals surface area contributed by atoms with Gasteiger partial charge < -0.3 is 4.74 Å². The van der Waals surface area contributed by atoms with Gasteiger partial charge in [-0.25, -0.2) is 4.79 Å². The van der Waals surface area contributed by atoms with E-state index in [4.69, 9.17) is 9.62 Å². The molecule has 0 fully saturated rings. The lowest BCUT2D eigenvalue weighted by molar-refractivity contribution is -0.286. The van der Waals surface area contributed by atoms with Gasteiger partial charge in [-0.1, -0.05) is 32.8 Å². The highest BCUT2D eigenvalue weighted by Gasteiger charge is 2.14. The van der Waals surface area contributed by atoms with E-state index in [1.807, 2.05) is 12.2 Å². The van der Waals surface area contributed by atoms with Crippen LogP contribution >= 0.6 is 0 Å². The van der Waals surface area contributed by atoms with Crippen LogP contribution in [-0.2, 0) is 14.5 Å². The molecule has 0 amide bonds. The van der Waals surface area contributed by atoms with Gasteiger partial charge in [-0.2, -0.15) is 4.89 Å². The van der Waals surface area contributed by atoms with Crippen LogP contribution in [0, 0.1) is 0 Å². The number of hydrogen-bond donors (Lipinski definition) is 0. The Balaban J connectivity index is 2.26. The summed E-state index contributed by atoms with van der Waals surface area (Å²) in [6, 6.07) is 0. The molecule has 0 saturated heterocycles. The summed E-state index contributed by atoms with van der Waals surface area (Å²) in [5.74, 6) is 0.525. The largest absolute Gasteiger partial charge is 0.546 e. The van der Waals surface area contributed by atoms with E-state index in [1.165, 1.54) is 0 Å². The molecule has 0 radical (unpaired) electrons. The molecule has 1 rings (SSSR count). The van der Waals surface area contributed by atoms with Gasteiger partial charge in [0.2, 0.25) is 0 Å². The zero-order chi connectivity index (χ0) is 13.2. The Morgan fingerprint density at radius 1 is 1.28 bits per heavy atom. The second-order valence-electron chi connectivity index (χ2n) is 4.32. The number of hydrogen-bond acceptors (Lipinski definition) is 4. The monoisotopic (exact) mass is 254 g/mol. The molecule has 0 unspecified atom stereocenters. The number of carbonyl (C=O) groups excluding carboxylic acids is 1. The quantitative estimate of drug-likeness (QED) is 0.386. The SMILES string of the molecule is CCCC(CCC)OOC(=O)OC1=CCCC=C1. The second-order valence-corrected chi connectivity index (χ2v) is 4.32. The third-order valence-corrected chi connectivity index (χ3v) is 2.64. The smallest absolute Gasteiger partial charge is 0.393 e. The summed E-state index contributed by atoms with van der Waals surface area (Å²) in [5, 5.41) is 0. The predicted molar refractivity (Wildman–Crippen MR) is 68.7 cm³/mol. The van der Waals surface area contributed by atoms with Crippen molar-refractivity contribution >= 4 is 6.16 Å². The minimum absolute atomic E-state index is 0.0385. The standard InChI is InChI=1S/C14H22O4/c1-3-8-13(9-4-2)17-18-14(15)16-12-10-6-5-7-11-12/h6,10-11,13H,3-5,7-9H2,1-2H3. The number of ether oxygens (including phenoxy) is 1. The molecule has 4 heteroatoms. The summed E-state index contributed by atoms with van der Waals surface area (Å²) in [6.45, 7) is 4.14. The average molecular weight is 254 g/mol. The summed E-state index contributed by atoms with van der Waals surface area (Å²) in [5.41, 5.74) is 0. The second kappa shape index (κ2) is 8.75. The van der Waals surface area contributed by atoms with Crippen molar-refractivity contribution in [2.24, 2.45) is 0 Å². The fourth-order valence-corrected chi connectivity index (χ4v) is 1.77. The van der Waals surface area contributed by atoms with Gasteiger partial charge in [0.25, 0.3) is 0 Å². The van der Waals surface area contributed by atoms with Crippen LogP contribution in [0.4, 0.5) is 4.79 Å². The van der Waals surface area contributed by atoms with Crippen molar-refractivity contribution in [1.82, 2.24) is 0 Å². The van der Waals surface area contributed by atoms with E-state index < -0.39 is 6.16 Å². The van der Waals surface area contributed by atoms with Crippen molar-refractivity contribution in [3.8, 4) is 0 Å². The van der Waals surface area contributed by atoms with Crippen LogP contribution in [-0.4, -0.2) is 12.3 Å². The van der Waals surface area contributed by atoms with E-state index in [1.54, 1.807) is 6.08 Å². The first-order valence-electron chi connectivity index (χ1n) is 6.68. The first-order valence-corrected chi connectivity index (χ1v) is 6.68. The molecule has 0 spiro atoms. The summed E-state index contributed by atoms with van der Waals surface area (Å²) in [4.78, 5) is 21.2. The molecule has 0 bridgehead atoms. The molecule has 0 aliphatic heterocycles. The number of carbonyl (C=O) groups is 1. The summed E-state index contributed by atoms with van der Waals surface area (Å²) in [7, 11) is 0. The topological polar surface area (TPSA) is 44.8 Å². The number of rotatable bonds is 7. The molecule has 102 valence electrons. The molecule has 0 atom stereocenters. The highest BCUT2D eigenvalue weighted by Crippen LogP contribution is 2.13. The van der Waals surface area contributed by atoms with Crippen molar-refractivity contribution in [1.29, 1.82) is 0 Å². The van der Waals surface area contributed by atoms with Gasteiger partial charge in [0, 0.05) is 0 Å². The molecule has 1 aliphatic carbocycles. The number of allylic oxidation sites excluding steroid dienone is 3. The van der Waals surface area contributed by atoms with Crippen molar-refractivity contribution in [2.75, 3.05) is 0 Å². The molecule has 0 aromatic carbocycles. The lowest BCUT2D eigenvalue weighted by Gasteiger charge is -2.14. The van der Waals surface area contributed by atoms with E-state index >= 15 is 0 Å². The van der Waals surface area contributed by atoms with Crippen LogP contribution in [0.2, 0.25) is 0 Å². The molecular formula is C14H22O4. The van der Waals surface area contributed by atoms with Crippen molar-refractivity contribution in [2.45, 2.75) is 58.5 Å². The van der Waals surface area contributed by atoms with Crippen LogP contribution in [0.5, 0.6) is 0 Å². The van der Waals surface area contributed by atoms with Gasteiger partial charge in [0.15, 0.2) is 0 Å². The Hall–Kier alpha value is -1.29. The van der Waals surface area contributed by atoms with E-state index in [9.17, 15) is 4.79 Å². The van der Waals surface area contributed by atoms with Crippen molar-refractivity contribution < 1.29 is 19.3 Å². The Bertz CT molecular complexity index is 301. The summed E-state index contributed by atoms with van der Waals surface area (Å²) < 4.78 is 4.99. The van der Waals surface area contributed by atoms with Crippen LogP contribution in [0.25, 0.3) is 0 Å². The maximum Gasteiger partial charge on any atom is 0.546 e. The fourth-order valence-electron chi connectivity index (χ4n) is 1.77. The van der Waals surface area contributed by atoms with Gasteiger partial charge in [0.05, 0.1) is 0 Å². The van der Waals surface area contributed by atoms with E-state index in [-0.39, 0.29) is 6.10 Å². The molecule has 0 aromatic rings. The lowest BCUT2D eigenvalue weighted by atomic mass is 10.1. The first kappa shape index (κ1) is 14.8. The molecule has 0 saturated carbocycles. The van der Waals surface area contributed by atoms with Crippen molar-refractivity contribution in [3.63, 3.8) is 0 Å². The highest BCUT2D eigenvalue weighted by molar-refractivity contribution is 5.61. The van der Waals surface area contributed by atoms with Gasteiger partial charge >= 0.3 is 6.16 Å². The zero-order valence-corrected chi connectivity index (χ0v) is 11.2. The third kappa shape index (κ3) is 5.87. The van der Waals surface area contributed by atoms with E-state index in [2.05, 4.69) is 18.7 Å². The Labute approximate surface area is 109 Å². The Kier molecular flexibility index (Phi) is 7.18. The molecule has 0 aromatic heterocycles. The Morgan fingerprint density at radius 3 is 2.56 bits per heavy atom. The third-order valence-electron chi connectivity index (χ3n) is 2.64. The van der Waals surface area contributed by atoms with Crippen LogP contribution < -0.4 is 0 Å². The maximum atomic E-state index is 11.4. The molecular weight excluding hydrogens is 232 g/mol. The van der Waals surface area contributed by atoms with Crippen LogP contribution in [0.1, 0.15) is 52.4 Å². The molecule has 4 nitrogen and oxygen atoms in total. The van der Waals surface area contributed by atoms with Gasteiger partial charge in [0.1, 0.15) is 11.9 Å². The molecule has 0 heterocycles. The van der Waals surface area contributed by atoms with Gasteiger partial charge in [-0.3, -0.25) is 4.89 Å². The predicted octanol–water partition coefficient (Wildman–Crippen LogP) is 4.27. The van der Waals surface area contributed by atoms with E-state index in [0.717, 1.165) is 38.5 Å². The van der Waals surface area contributed by atoms with Crippen LogP contribution in [0.3, 0.4) is 0 Å². The molecule has 1 aliphatic rings. The van der Waals surface area contributed by atoms with Gasteiger partial charge in [-0.15, -0.1) is 0 Å². The minimum Gasteiger partial charge on any atom is -0.393 e. The normalized spacial score (nSPS) is 14.5. The minimum atomic E-state index is -0.801.